The van der Waals surface area contributed by atoms with E-state index >= 15 is 0 Å². The van der Waals surface area contributed by atoms with Crippen molar-refractivity contribution in [2.24, 2.45) is 5.92 Å². The van der Waals surface area contributed by atoms with Gasteiger partial charge in [-0.1, -0.05) is 19.9 Å². The Labute approximate surface area is 204 Å². The van der Waals surface area contributed by atoms with Crippen LogP contribution in [0, 0.1) is 12.8 Å². The molecule has 0 aliphatic carbocycles. The van der Waals surface area contributed by atoms with E-state index in [2.05, 4.69) is 54.7 Å². The molecule has 0 radical (unpaired) electrons. The van der Waals surface area contributed by atoms with Gasteiger partial charge in [0.15, 0.2) is 5.82 Å². The van der Waals surface area contributed by atoms with Gasteiger partial charge in [-0.2, -0.15) is 13.2 Å². The standard InChI is InChI=1S/C24H23F3N8O/c1-13(2)10-29-23-30-11-18-20(35-23)21(32-12-31-18)33-17-8-15(5-4-14(17)3)22(36)34-19-9-16(6-7-28-19)24(25,26)27/h4-9,11-13H,10H2,1-3H3,(H,28,34,36)(H,29,30,35)(H,31,32,33). The summed E-state index contributed by atoms with van der Waals surface area (Å²) in [6.45, 7) is 6.67. The summed E-state index contributed by atoms with van der Waals surface area (Å²) in [5.74, 6) is 0.434. The summed E-state index contributed by atoms with van der Waals surface area (Å²) in [7, 11) is 0. The summed E-state index contributed by atoms with van der Waals surface area (Å²) in [6, 6.07) is 6.47. The van der Waals surface area contributed by atoms with Gasteiger partial charge < -0.3 is 16.0 Å². The summed E-state index contributed by atoms with van der Waals surface area (Å²) in [4.78, 5) is 33.9. The molecule has 3 heterocycles. The van der Waals surface area contributed by atoms with Crippen molar-refractivity contribution >= 4 is 40.2 Å². The maximum atomic E-state index is 13.0. The van der Waals surface area contributed by atoms with E-state index in [4.69, 9.17) is 0 Å². The first kappa shape index (κ1) is 24.8. The largest absolute Gasteiger partial charge is 0.416 e. The quantitative estimate of drug-likeness (QED) is 0.319. The highest BCUT2D eigenvalue weighted by Crippen LogP contribution is 2.30. The number of rotatable bonds is 7. The molecule has 36 heavy (non-hydrogen) atoms. The Bertz CT molecular complexity index is 1410. The Morgan fingerprint density at radius 2 is 1.86 bits per heavy atom. The van der Waals surface area contributed by atoms with E-state index in [1.165, 1.54) is 6.33 Å². The van der Waals surface area contributed by atoms with Gasteiger partial charge in [0, 0.05) is 24.0 Å². The molecule has 0 unspecified atom stereocenters. The molecule has 0 saturated carbocycles. The average Bonchev–Trinajstić information content (AvgIpc) is 2.84. The van der Waals surface area contributed by atoms with Crippen LogP contribution in [0.15, 0.2) is 49.1 Å². The number of pyridine rings is 1. The molecule has 1 aromatic carbocycles. The summed E-state index contributed by atoms with van der Waals surface area (Å²) >= 11 is 0. The van der Waals surface area contributed by atoms with Crippen molar-refractivity contribution in [3.8, 4) is 0 Å². The molecule has 186 valence electrons. The zero-order chi connectivity index (χ0) is 25.9. The fraction of sp³-hybridized carbons (Fsp3) is 0.250. The van der Waals surface area contributed by atoms with Gasteiger partial charge in [0.25, 0.3) is 5.91 Å². The third-order valence-corrected chi connectivity index (χ3v) is 5.13. The van der Waals surface area contributed by atoms with Gasteiger partial charge in [0.2, 0.25) is 5.95 Å². The highest BCUT2D eigenvalue weighted by atomic mass is 19.4. The fourth-order valence-corrected chi connectivity index (χ4v) is 3.22. The lowest BCUT2D eigenvalue weighted by molar-refractivity contribution is -0.137. The number of benzene rings is 1. The van der Waals surface area contributed by atoms with Crippen LogP contribution in [0.3, 0.4) is 0 Å². The smallest absolute Gasteiger partial charge is 0.354 e. The lowest BCUT2D eigenvalue weighted by Gasteiger charge is -2.13. The predicted molar refractivity (Wildman–Crippen MR) is 130 cm³/mol. The minimum absolute atomic E-state index is 0.204. The number of carbonyl (C=O) groups is 1. The third-order valence-electron chi connectivity index (χ3n) is 5.13. The molecule has 4 rings (SSSR count). The van der Waals surface area contributed by atoms with Crippen molar-refractivity contribution in [3.05, 3.63) is 65.7 Å². The lowest BCUT2D eigenvalue weighted by Crippen LogP contribution is -2.15. The molecule has 0 aliphatic heterocycles. The number of hydrogen-bond acceptors (Lipinski definition) is 8. The Hall–Kier alpha value is -4.35. The van der Waals surface area contributed by atoms with Crippen LogP contribution in [-0.4, -0.2) is 37.4 Å². The molecule has 0 aliphatic rings. The number of carbonyl (C=O) groups excluding carboxylic acids is 1. The van der Waals surface area contributed by atoms with Crippen LogP contribution in [0.5, 0.6) is 0 Å². The summed E-state index contributed by atoms with van der Waals surface area (Å²) < 4.78 is 38.9. The number of aromatic nitrogens is 5. The fourth-order valence-electron chi connectivity index (χ4n) is 3.22. The normalized spacial score (nSPS) is 11.5. The van der Waals surface area contributed by atoms with E-state index < -0.39 is 17.6 Å². The molecule has 3 aromatic heterocycles. The molecule has 12 heteroatoms. The minimum Gasteiger partial charge on any atom is -0.354 e. The molecular formula is C24H23F3N8O. The van der Waals surface area contributed by atoms with Gasteiger partial charge in [-0.3, -0.25) is 4.79 Å². The van der Waals surface area contributed by atoms with Crippen LogP contribution in [0.4, 0.5) is 36.4 Å². The van der Waals surface area contributed by atoms with Crippen molar-refractivity contribution in [2.45, 2.75) is 26.9 Å². The Morgan fingerprint density at radius 1 is 1.06 bits per heavy atom. The number of aryl methyl sites for hydroxylation is 1. The van der Waals surface area contributed by atoms with E-state index in [0.717, 1.165) is 23.9 Å². The molecule has 0 atom stereocenters. The molecule has 4 aromatic rings. The molecule has 1 amide bonds. The second-order valence-corrected chi connectivity index (χ2v) is 8.46. The van der Waals surface area contributed by atoms with Crippen molar-refractivity contribution in [3.63, 3.8) is 0 Å². The van der Waals surface area contributed by atoms with Crippen LogP contribution in [0.2, 0.25) is 0 Å². The van der Waals surface area contributed by atoms with Crippen molar-refractivity contribution < 1.29 is 18.0 Å². The van der Waals surface area contributed by atoms with Gasteiger partial charge in [-0.05, 0) is 42.7 Å². The van der Waals surface area contributed by atoms with E-state index in [1.807, 2.05) is 6.92 Å². The molecule has 0 fully saturated rings. The van der Waals surface area contributed by atoms with Gasteiger partial charge in [0.05, 0.1) is 11.8 Å². The van der Waals surface area contributed by atoms with Crippen LogP contribution >= 0.6 is 0 Å². The van der Waals surface area contributed by atoms with E-state index in [-0.39, 0.29) is 11.4 Å². The third kappa shape index (κ3) is 5.82. The second-order valence-electron chi connectivity index (χ2n) is 8.46. The molecule has 3 N–H and O–H groups in total. The number of hydrogen-bond donors (Lipinski definition) is 3. The Balaban J connectivity index is 1.59. The van der Waals surface area contributed by atoms with Crippen LogP contribution in [0.25, 0.3) is 11.0 Å². The van der Waals surface area contributed by atoms with Crippen LogP contribution in [-0.2, 0) is 6.18 Å². The number of nitrogens with zero attached hydrogens (tertiary/aromatic N) is 5. The first-order valence-electron chi connectivity index (χ1n) is 11.0. The van der Waals surface area contributed by atoms with Gasteiger partial charge in [0.1, 0.15) is 23.2 Å². The predicted octanol–water partition coefficient (Wildman–Crippen LogP) is 5.21. The van der Waals surface area contributed by atoms with Gasteiger partial charge in [-0.15, -0.1) is 0 Å². The van der Waals surface area contributed by atoms with Gasteiger partial charge in [-0.25, -0.2) is 24.9 Å². The SMILES string of the molecule is Cc1ccc(C(=O)Nc2cc(C(F)(F)F)ccn2)cc1Nc1ncnc2cnc(NCC(C)C)nc12. The van der Waals surface area contributed by atoms with E-state index in [1.54, 1.807) is 24.4 Å². The maximum absolute atomic E-state index is 13.0. The Kier molecular flexibility index (Phi) is 6.95. The summed E-state index contributed by atoms with van der Waals surface area (Å²) in [6.07, 6.45) is -0.582. The highest BCUT2D eigenvalue weighted by Gasteiger charge is 2.30. The number of amides is 1. The Morgan fingerprint density at radius 3 is 2.61 bits per heavy atom. The number of anilines is 4. The van der Waals surface area contributed by atoms with E-state index in [9.17, 15) is 18.0 Å². The number of fused-ring (bicyclic) bond motifs is 1. The maximum Gasteiger partial charge on any atom is 0.416 e. The second kappa shape index (κ2) is 10.1. The number of nitrogens with one attached hydrogen (secondary N) is 3. The van der Waals surface area contributed by atoms with Crippen LogP contribution < -0.4 is 16.0 Å². The minimum atomic E-state index is -4.54. The molecule has 0 spiro atoms. The zero-order valence-corrected chi connectivity index (χ0v) is 19.7. The molecule has 9 nitrogen and oxygen atoms in total. The summed E-state index contributed by atoms with van der Waals surface area (Å²) in [5.41, 5.74) is 1.71. The first-order chi connectivity index (χ1) is 17.1. The highest BCUT2D eigenvalue weighted by molar-refractivity contribution is 6.04. The monoisotopic (exact) mass is 496 g/mol. The van der Waals surface area contributed by atoms with Crippen molar-refractivity contribution in [2.75, 3.05) is 22.5 Å². The molecule has 0 bridgehead atoms. The topological polar surface area (TPSA) is 118 Å². The summed E-state index contributed by atoms with van der Waals surface area (Å²) in [5, 5.41) is 8.76. The molecular weight excluding hydrogens is 473 g/mol. The first-order valence-corrected chi connectivity index (χ1v) is 11.0. The number of alkyl halides is 3. The average molecular weight is 496 g/mol. The van der Waals surface area contributed by atoms with E-state index in [0.29, 0.717) is 40.9 Å². The zero-order valence-electron chi connectivity index (χ0n) is 19.7. The van der Waals surface area contributed by atoms with Gasteiger partial charge >= 0.3 is 6.18 Å². The van der Waals surface area contributed by atoms with Crippen LogP contribution in [0.1, 0.15) is 35.3 Å². The van der Waals surface area contributed by atoms with Crippen molar-refractivity contribution in [1.82, 2.24) is 24.9 Å². The van der Waals surface area contributed by atoms with Crippen molar-refractivity contribution in [1.29, 1.82) is 0 Å². The number of halogens is 3. The lowest BCUT2D eigenvalue weighted by atomic mass is 10.1. The molecule has 0 saturated heterocycles.